The zero-order chi connectivity index (χ0) is 12.8. The molecule has 18 heavy (non-hydrogen) atoms. The molecule has 0 bridgehead atoms. The smallest absolute Gasteiger partial charge is 0.119 e. The van der Waals surface area contributed by atoms with Crippen LogP contribution in [0.5, 0.6) is 5.75 Å². The van der Waals surface area contributed by atoms with E-state index in [1.54, 1.807) is 7.11 Å². The van der Waals surface area contributed by atoms with Gasteiger partial charge < -0.3 is 14.8 Å². The van der Waals surface area contributed by atoms with Crippen molar-refractivity contribution in [1.29, 1.82) is 0 Å². The lowest BCUT2D eigenvalue weighted by Gasteiger charge is -2.24. The maximum atomic E-state index is 5.71. The molecular formula is C15H23NO2. The molecule has 100 valence electrons. The molecule has 0 radical (unpaired) electrons. The molecule has 1 aliphatic rings. The SMILES string of the molecule is COCCOc1cc(C)cc(C2CCCNC2)c1. The Labute approximate surface area is 109 Å². The summed E-state index contributed by atoms with van der Waals surface area (Å²) in [5.74, 6) is 1.59. The fourth-order valence-corrected chi connectivity index (χ4v) is 2.47. The van der Waals surface area contributed by atoms with Crippen molar-refractivity contribution in [3.05, 3.63) is 29.3 Å². The van der Waals surface area contributed by atoms with Gasteiger partial charge in [0.2, 0.25) is 0 Å². The molecule has 1 aromatic carbocycles. The molecule has 1 unspecified atom stereocenters. The number of aryl methyl sites for hydroxylation is 1. The molecule has 0 aromatic heterocycles. The van der Waals surface area contributed by atoms with Crippen LogP contribution in [0.25, 0.3) is 0 Å². The zero-order valence-electron chi connectivity index (χ0n) is 11.4. The maximum Gasteiger partial charge on any atom is 0.119 e. The van der Waals surface area contributed by atoms with Gasteiger partial charge in [0.05, 0.1) is 6.61 Å². The van der Waals surface area contributed by atoms with Gasteiger partial charge in [-0.25, -0.2) is 0 Å². The van der Waals surface area contributed by atoms with Crippen molar-refractivity contribution in [2.24, 2.45) is 0 Å². The number of piperidine rings is 1. The van der Waals surface area contributed by atoms with E-state index in [1.807, 2.05) is 0 Å². The van der Waals surface area contributed by atoms with Gasteiger partial charge in [-0.15, -0.1) is 0 Å². The highest BCUT2D eigenvalue weighted by molar-refractivity contribution is 5.36. The summed E-state index contributed by atoms with van der Waals surface area (Å²) < 4.78 is 10.7. The van der Waals surface area contributed by atoms with Crippen LogP contribution in [0.1, 0.15) is 29.9 Å². The standard InChI is InChI=1S/C15H23NO2/c1-12-8-14(13-4-3-5-16-11-13)10-15(9-12)18-7-6-17-2/h8-10,13,16H,3-7,11H2,1-2H3. The summed E-state index contributed by atoms with van der Waals surface area (Å²) in [6.45, 7) is 5.61. The summed E-state index contributed by atoms with van der Waals surface area (Å²) >= 11 is 0. The minimum Gasteiger partial charge on any atom is -0.491 e. The van der Waals surface area contributed by atoms with Crippen LogP contribution in [0.15, 0.2) is 18.2 Å². The quantitative estimate of drug-likeness (QED) is 0.813. The van der Waals surface area contributed by atoms with E-state index in [0.717, 1.165) is 18.8 Å². The lowest BCUT2D eigenvalue weighted by Crippen LogP contribution is -2.28. The Morgan fingerprint density at radius 3 is 2.89 bits per heavy atom. The molecule has 0 saturated carbocycles. The van der Waals surface area contributed by atoms with E-state index < -0.39 is 0 Å². The fourth-order valence-electron chi connectivity index (χ4n) is 2.47. The number of rotatable bonds is 5. The topological polar surface area (TPSA) is 30.5 Å². The number of ether oxygens (including phenoxy) is 2. The highest BCUT2D eigenvalue weighted by Gasteiger charge is 2.16. The minimum atomic E-state index is 0.613. The summed E-state index contributed by atoms with van der Waals surface area (Å²) in [4.78, 5) is 0. The van der Waals surface area contributed by atoms with Crippen molar-refractivity contribution in [3.8, 4) is 5.75 Å². The van der Waals surface area contributed by atoms with Gasteiger partial charge in [0.1, 0.15) is 12.4 Å². The second kappa shape index (κ2) is 6.76. The number of methoxy groups -OCH3 is 1. The number of hydrogen-bond donors (Lipinski definition) is 1. The largest absolute Gasteiger partial charge is 0.491 e. The van der Waals surface area contributed by atoms with Gasteiger partial charge in [0, 0.05) is 13.7 Å². The van der Waals surface area contributed by atoms with E-state index in [4.69, 9.17) is 9.47 Å². The van der Waals surface area contributed by atoms with E-state index >= 15 is 0 Å². The summed E-state index contributed by atoms with van der Waals surface area (Å²) in [5.41, 5.74) is 2.67. The van der Waals surface area contributed by atoms with E-state index in [-0.39, 0.29) is 0 Å². The number of benzene rings is 1. The van der Waals surface area contributed by atoms with Crippen LogP contribution >= 0.6 is 0 Å². The van der Waals surface area contributed by atoms with Crippen molar-refractivity contribution in [1.82, 2.24) is 5.32 Å². The molecule has 1 aliphatic heterocycles. The Morgan fingerprint density at radius 1 is 1.28 bits per heavy atom. The lowest BCUT2D eigenvalue weighted by molar-refractivity contribution is 0.146. The second-order valence-electron chi connectivity index (χ2n) is 4.96. The predicted molar refractivity (Wildman–Crippen MR) is 73.4 cm³/mol. The van der Waals surface area contributed by atoms with E-state index in [2.05, 4.69) is 30.4 Å². The number of hydrogen-bond acceptors (Lipinski definition) is 3. The zero-order valence-corrected chi connectivity index (χ0v) is 11.4. The highest BCUT2D eigenvalue weighted by atomic mass is 16.5. The third-order valence-electron chi connectivity index (χ3n) is 3.40. The highest BCUT2D eigenvalue weighted by Crippen LogP contribution is 2.27. The Hall–Kier alpha value is -1.06. The summed E-state index contributed by atoms with van der Waals surface area (Å²) in [6, 6.07) is 6.55. The van der Waals surface area contributed by atoms with Crippen LogP contribution in [-0.4, -0.2) is 33.4 Å². The molecule has 0 aliphatic carbocycles. The predicted octanol–water partition coefficient (Wildman–Crippen LogP) is 2.49. The van der Waals surface area contributed by atoms with Crippen LogP contribution in [0.2, 0.25) is 0 Å². The Balaban J connectivity index is 2.05. The van der Waals surface area contributed by atoms with E-state index in [0.29, 0.717) is 19.1 Å². The third-order valence-corrected chi connectivity index (χ3v) is 3.40. The summed E-state index contributed by atoms with van der Waals surface area (Å²) in [7, 11) is 1.69. The van der Waals surface area contributed by atoms with Crippen molar-refractivity contribution >= 4 is 0 Å². The molecule has 3 nitrogen and oxygen atoms in total. The summed E-state index contributed by atoms with van der Waals surface area (Å²) in [6.07, 6.45) is 2.53. The molecule has 3 heteroatoms. The molecule has 1 aromatic rings. The van der Waals surface area contributed by atoms with Crippen LogP contribution in [0, 0.1) is 6.92 Å². The van der Waals surface area contributed by atoms with E-state index in [1.165, 1.54) is 24.0 Å². The molecular weight excluding hydrogens is 226 g/mol. The van der Waals surface area contributed by atoms with Gasteiger partial charge >= 0.3 is 0 Å². The van der Waals surface area contributed by atoms with Crippen molar-refractivity contribution in [2.75, 3.05) is 33.4 Å². The summed E-state index contributed by atoms with van der Waals surface area (Å²) in [5, 5.41) is 3.46. The normalized spacial score (nSPS) is 19.8. The maximum absolute atomic E-state index is 5.71. The van der Waals surface area contributed by atoms with Gasteiger partial charge in [-0.2, -0.15) is 0 Å². The average molecular weight is 249 g/mol. The lowest BCUT2D eigenvalue weighted by atomic mass is 9.90. The van der Waals surface area contributed by atoms with Gasteiger partial charge in [-0.05, 0) is 55.5 Å². The van der Waals surface area contributed by atoms with E-state index in [9.17, 15) is 0 Å². The van der Waals surface area contributed by atoms with Gasteiger partial charge in [0.15, 0.2) is 0 Å². The van der Waals surface area contributed by atoms with Crippen LogP contribution < -0.4 is 10.1 Å². The average Bonchev–Trinajstić information content (AvgIpc) is 2.39. The van der Waals surface area contributed by atoms with Crippen LogP contribution in [0.4, 0.5) is 0 Å². The first-order chi connectivity index (χ1) is 8.79. The monoisotopic (exact) mass is 249 g/mol. The Kier molecular flexibility index (Phi) is 5.02. The molecule has 0 amide bonds. The van der Waals surface area contributed by atoms with Gasteiger partial charge in [-0.3, -0.25) is 0 Å². The molecule has 1 fully saturated rings. The third kappa shape index (κ3) is 3.72. The van der Waals surface area contributed by atoms with Gasteiger partial charge in [-0.1, -0.05) is 6.07 Å². The van der Waals surface area contributed by atoms with Gasteiger partial charge in [0.25, 0.3) is 0 Å². The molecule has 1 heterocycles. The minimum absolute atomic E-state index is 0.613. The second-order valence-corrected chi connectivity index (χ2v) is 4.96. The molecule has 0 spiro atoms. The van der Waals surface area contributed by atoms with Crippen molar-refractivity contribution < 1.29 is 9.47 Å². The Bertz CT molecular complexity index is 373. The first-order valence-corrected chi connectivity index (χ1v) is 6.73. The number of nitrogens with one attached hydrogen (secondary N) is 1. The van der Waals surface area contributed by atoms with Crippen molar-refractivity contribution in [2.45, 2.75) is 25.7 Å². The fraction of sp³-hybridized carbons (Fsp3) is 0.600. The van der Waals surface area contributed by atoms with Crippen molar-refractivity contribution in [3.63, 3.8) is 0 Å². The molecule has 1 N–H and O–H groups in total. The first kappa shape index (κ1) is 13.4. The molecule has 1 saturated heterocycles. The van der Waals surface area contributed by atoms with Crippen LogP contribution in [-0.2, 0) is 4.74 Å². The van der Waals surface area contributed by atoms with Crippen LogP contribution in [0.3, 0.4) is 0 Å². The molecule has 2 rings (SSSR count). The first-order valence-electron chi connectivity index (χ1n) is 6.73. The Morgan fingerprint density at radius 2 is 2.17 bits per heavy atom. The molecule has 1 atom stereocenters.